The lowest BCUT2D eigenvalue weighted by atomic mass is 10.1. The van der Waals surface area contributed by atoms with E-state index < -0.39 is 28.5 Å². The van der Waals surface area contributed by atoms with E-state index in [9.17, 15) is 19.5 Å². The summed E-state index contributed by atoms with van der Waals surface area (Å²) in [5.74, 6) is -0.667. The molecule has 0 fully saturated rings. The minimum atomic E-state index is -0.923. The molecule has 0 bridgehead atoms. The molecule has 7 nitrogen and oxygen atoms in total. The number of hydrogen-bond donors (Lipinski definition) is 2. The summed E-state index contributed by atoms with van der Waals surface area (Å²) >= 11 is 0. The average molecular weight is 392 g/mol. The fourth-order valence-electron chi connectivity index (χ4n) is 2.85. The van der Waals surface area contributed by atoms with E-state index in [-0.39, 0.29) is 6.54 Å². The van der Waals surface area contributed by atoms with Crippen LogP contribution < -0.4 is 16.0 Å². The monoisotopic (exact) mass is 392 g/mol. The van der Waals surface area contributed by atoms with E-state index in [0.29, 0.717) is 17.7 Å². The number of ether oxygens (including phenoxy) is 1. The first-order valence-corrected chi connectivity index (χ1v) is 8.96. The van der Waals surface area contributed by atoms with Crippen LogP contribution in [0.15, 0.2) is 70.3 Å². The Morgan fingerprint density at radius 3 is 2.45 bits per heavy atom. The van der Waals surface area contributed by atoms with Gasteiger partial charge in [0.05, 0.1) is 7.11 Å². The second-order valence-electron chi connectivity index (χ2n) is 6.32. The summed E-state index contributed by atoms with van der Waals surface area (Å²) in [6.45, 7) is 0.119. The van der Waals surface area contributed by atoms with E-state index in [2.05, 4.69) is 4.98 Å². The zero-order chi connectivity index (χ0) is 20.8. The first kappa shape index (κ1) is 19.9. The summed E-state index contributed by atoms with van der Waals surface area (Å²) in [5, 5.41) is 10.4. The van der Waals surface area contributed by atoms with E-state index in [0.717, 1.165) is 10.1 Å². The fourth-order valence-corrected chi connectivity index (χ4v) is 2.85. The number of allylic oxidation sites excluding steroid dienone is 1. The van der Waals surface area contributed by atoms with Gasteiger partial charge in [-0.05, 0) is 35.8 Å². The van der Waals surface area contributed by atoms with Crippen molar-refractivity contribution in [2.24, 2.45) is 0 Å². The van der Waals surface area contributed by atoms with Crippen LogP contribution in [0.1, 0.15) is 21.5 Å². The van der Waals surface area contributed by atoms with Crippen LogP contribution in [0.5, 0.6) is 11.6 Å². The Bertz CT molecular complexity index is 1140. The maximum absolute atomic E-state index is 12.5. The smallest absolute Gasteiger partial charge is 0.331 e. The molecule has 3 rings (SSSR count). The molecule has 148 valence electrons. The van der Waals surface area contributed by atoms with Crippen LogP contribution in [-0.2, 0) is 13.0 Å². The Hall–Kier alpha value is -3.87. The van der Waals surface area contributed by atoms with Gasteiger partial charge in [0.25, 0.3) is 5.56 Å². The highest BCUT2D eigenvalue weighted by Gasteiger charge is 2.19. The van der Waals surface area contributed by atoms with Gasteiger partial charge in [-0.2, -0.15) is 0 Å². The maximum atomic E-state index is 12.5. The lowest BCUT2D eigenvalue weighted by Crippen LogP contribution is -2.34. The molecule has 0 aliphatic carbocycles. The van der Waals surface area contributed by atoms with E-state index in [4.69, 9.17) is 4.74 Å². The standard InChI is InChI=1S/C22H20N2O5/c1-29-17-10-7-16(8-11-17)9-12-18(25)19-20(26)23-22(28)24(21(19)27)14-13-15-5-3-2-4-6-15/h2-12,27H,13-14H2,1H3,(H,23,26,28). The number of nitrogens with one attached hydrogen (secondary N) is 1. The zero-order valence-electron chi connectivity index (χ0n) is 15.8. The van der Waals surface area contributed by atoms with Gasteiger partial charge in [0, 0.05) is 6.54 Å². The van der Waals surface area contributed by atoms with Gasteiger partial charge in [0.15, 0.2) is 5.78 Å². The van der Waals surface area contributed by atoms with Crippen LogP contribution in [0.3, 0.4) is 0 Å². The van der Waals surface area contributed by atoms with Gasteiger partial charge in [-0.25, -0.2) is 4.79 Å². The van der Waals surface area contributed by atoms with Crippen molar-refractivity contribution in [2.45, 2.75) is 13.0 Å². The van der Waals surface area contributed by atoms with Gasteiger partial charge in [0.2, 0.25) is 5.88 Å². The Morgan fingerprint density at radius 1 is 1.10 bits per heavy atom. The second-order valence-corrected chi connectivity index (χ2v) is 6.32. The molecule has 0 atom stereocenters. The normalized spacial score (nSPS) is 10.9. The van der Waals surface area contributed by atoms with Crippen molar-refractivity contribution in [1.29, 1.82) is 0 Å². The van der Waals surface area contributed by atoms with Crippen molar-refractivity contribution >= 4 is 11.9 Å². The Balaban J connectivity index is 1.85. The van der Waals surface area contributed by atoms with Crippen molar-refractivity contribution in [3.05, 3.63) is 98.2 Å². The van der Waals surface area contributed by atoms with Gasteiger partial charge < -0.3 is 9.84 Å². The minimum absolute atomic E-state index is 0.119. The molecule has 3 aromatic rings. The first-order chi connectivity index (χ1) is 14.0. The number of aromatic nitrogens is 2. The molecule has 0 radical (unpaired) electrons. The third-order valence-electron chi connectivity index (χ3n) is 4.43. The van der Waals surface area contributed by atoms with Crippen LogP contribution in [-0.4, -0.2) is 27.6 Å². The summed E-state index contributed by atoms with van der Waals surface area (Å²) in [6.07, 6.45) is 3.15. The number of H-pyrrole nitrogens is 1. The van der Waals surface area contributed by atoms with Crippen molar-refractivity contribution in [1.82, 2.24) is 9.55 Å². The molecule has 2 aromatic carbocycles. The Labute approximate surface area is 166 Å². The number of carbonyl (C=O) groups is 1. The van der Waals surface area contributed by atoms with Gasteiger partial charge >= 0.3 is 5.69 Å². The molecule has 1 heterocycles. The number of benzene rings is 2. The van der Waals surface area contributed by atoms with E-state index in [1.54, 1.807) is 31.4 Å². The van der Waals surface area contributed by atoms with E-state index in [1.807, 2.05) is 30.3 Å². The van der Waals surface area contributed by atoms with Crippen LogP contribution in [0, 0.1) is 0 Å². The number of aromatic amines is 1. The number of nitrogens with zero attached hydrogens (tertiary/aromatic N) is 1. The van der Waals surface area contributed by atoms with Crippen LogP contribution in [0.2, 0.25) is 0 Å². The summed E-state index contributed by atoms with van der Waals surface area (Å²) < 4.78 is 6.06. The lowest BCUT2D eigenvalue weighted by molar-refractivity contribution is 0.104. The molecular weight excluding hydrogens is 372 g/mol. The summed E-state index contributed by atoms with van der Waals surface area (Å²) in [7, 11) is 1.55. The highest BCUT2D eigenvalue weighted by Crippen LogP contribution is 2.15. The third kappa shape index (κ3) is 4.70. The van der Waals surface area contributed by atoms with Crippen LogP contribution >= 0.6 is 0 Å². The predicted molar refractivity (Wildman–Crippen MR) is 109 cm³/mol. The van der Waals surface area contributed by atoms with Crippen LogP contribution in [0.4, 0.5) is 0 Å². The number of ketones is 1. The number of methoxy groups -OCH3 is 1. The lowest BCUT2D eigenvalue weighted by Gasteiger charge is -2.10. The average Bonchev–Trinajstić information content (AvgIpc) is 2.73. The maximum Gasteiger partial charge on any atom is 0.331 e. The molecule has 0 unspecified atom stereocenters. The molecule has 0 saturated carbocycles. The molecular formula is C22H20N2O5. The van der Waals surface area contributed by atoms with E-state index in [1.165, 1.54) is 12.2 Å². The van der Waals surface area contributed by atoms with Crippen LogP contribution in [0.25, 0.3) is 6.08 Å². The van der Waals surface area contributed by atoms with Crippen molar-refractivity contribution < 1.29 is 14.6 Å². The first-order valence-electron chi connectivity index (χ1n) is 8.96. The highest BCUT2D eigenvalue weighted by molar-refractivity contribution is 6.08. The number of aryl methyl sites for hydroxylation is 1. The van der Waals surface area contributed by atoms with Gasteiger partial charge in [-0.1, -0.05) is 48.5 Å². The van der Waals surface area contributed by atoms with Crippen molar-refractivity contribution in [3.63, 3.8) is 0 Å². The zero-order valence-corrected chi connectivity index (χ0v) is 15.8. The largest absolute Gasteiger partial charge is 0.497 e. The van der Waals surface area contributed by atoms with Crippen molar-refractivity contribution in [2.75, 3.05) is 7.11 Å². The van der Waals surface area contributed by atoms with Gasteiger partial charge in [-0.3, -0.25) is 19.1 Å². The van der Waals surface area contributed by atoms with Gasteiger partial charge in [-0.15, -0.1) is 0 Å². The SMILES string of the molecule is COc1ccc(C=CC(=O)c2c(O)n(CCc3ccccc3)c(=O)[nH]c2=O)cc1. The molecule has 0 spiro atoms. The number of carbonyl (C=O) groups excluding carboxylic acids is 1. The van der Waals surface area contributed by atoms with E-state index >= 15 is 0 Å². The van der Waals surface area contributed by atoms with Crippen molar-refractivity contribution in [3.8, 4) is 11.6 Å². The molecule has 0 aliphatic heterocycles. The summed E-state index contributed by atoms with van der Waals surface area (Å²) in [6, 6.07) is 16.3. The Kier molecular flexibility index (Phi) is 6.09. The topological polar surface area (TPSA) is 101 Å². The highest BCUT2D eigenvalue weighted by atomic mass is 16.5. The molecule has 1 aromatic heterocycles. The molecule has 0 saturated heterocycles. The molecule has 7 heteroatoms. The Morgan fingerprint density at radius 2 is 1.79 bits per heavy atom. The third-order valence-corrected chi connectivity index (χ3v) is 4.43. The summed E-state index contributed by atoms with van der Waals surface area (Å²) in [5.41, 5.74) is -0.487. The molecule has 2 N–H and O–H groups in total. The summed E-state index contributed by atoms with van der Waals surface area (Å²) in [4.78, 5) is 38.8. The number of hydrogen-bond acceptors (Lipinski definition) is 5. The predicted octanol–water partition coefficient (Wildman–Crippen LogP) is 2.39. The number of aromatic hydroxyl groups is 1. The second kappa shape index (κ2) is 8.88. The molecule has 0 aliphatic rings. The molecule has 0 amide bonds. The van der Waals surface area contributed by atoms with Gasteiger partial charge in [0.1, 0.15) is 11.3 Å². The fraction of sp³-hybridized carbons (Fsp3) is 0.136. The minimum Gasteiger partial charge on any atom is -0.497 e. The number of rotatable bonds is 7. The molecule has 29 heavy (non-hydrogen) atoms. The quantitative estimate of drug-likeness (QED) is 0.475.